The van der Waals surface area contributed by atoms with Crippen molar-refractivity contribution in [2.24, 2.45) is 0 Å². The third kappa shape index (κ3) is 2.80. The summed E-state index contributed by atoms with van der Waals surface area (Å²) in [6, 6.07) is 17.5. The van der Waals surface area contributed by atoms with E-state index >= 15 is 0 Å². The van der Waals surface area contributed by atoms with Crippen LogP contribution in [0.3, 0.4) is 0 Å². The van der Waals surface area contributed by atoms with Crippen molar-refractivity contribution in [3.8, 4) is 0 Å². The highest BCUT2D eigenvalue weighted by atomic mass is 32.1. The van der Waals surface area contributed by atoms with Gasteiger partial charge in [-0.25, -0.2) is 0 Å². The van der Waals surface area contributed by atoms with Crippen molar-refractivity contribution < 1.29 is 0 Å². The van der Waals surface area contributed by atoms with E-state index in [-0.39, 0.29) is 0 Å². The summed E-state index contributed by atoms with van der Waals surface area (Å²) in [5.74, 6) is 0.488. The maximum Gasteiger partial charge on any atom is 0.0489 e. The Morgan fingerprint density at radius 1 is 1.05 bits per heavy atom. The minimum Gasteiger partial charge on any atom is -0.340 e. The van der Waals surface area contributed by atoms with Gasteiger partial charge in [-0.05, 0) is 41.7 Å². The SMILES string of the molecule is CCc1cc2cc(S)c(C(C)C)cc2n1Cc1ccccc1. The zero-order chi connectivity index (χ0) is 15.7. The third-order valence-electron chi connectivity index (χ3n) is 4.30. The number of hydrogen-bond acceptors (Lipinski definition) is 1. The van der Waals surface area contributed by atoms with Gasteiger partial charge in [0.05, 0.1) is 0 Å². The van der Waals surface area contributed by atoms with Gasteiger partial charge < -0.3 is 4.57 Å². The highest BCUT2D eigenvalue weighted by Crippen LogP contribution is 2.31. The molecule has 1 nitrogen and oxygen atoms in total. The number of hydrogen-bond donors (Lipinski definition) is 1. The van der Waals surface area contributed by atoms with Crippen molar-refractivity contribution in [2.45, 2.75) is 44.6 Å². The average molecular weight is 309 g/mol. The molecule has 3 rings (SSSR count). The first-order chi connectivity index (χ1) is 10.6. The van der Waals surface area contributed by atoms with Gasteiger partial charge in [0, 0.05) is 28.0 Å². The highest BCUT2D eigenvalue weighted by Gasteiger charge is 2.12. The van der Waals surface area contributed by atoms with Gasteiger partial charge in [-0.15, -0.1) is 12.6 Å². The van der Waals surface area contributed by atoms with Crippen molar-refractivity contribution in [2.75, 3.05) is 0 Å². The van der Waals surface area contributed by atoms with Gasteiger partial charge in [0.25, 0.3) is 0 Å². The Balaban J connectivity index is 2.16. The molecule has 0 amide bonds. The van der Waals surface area contributed by atoms with E-state index in [4.69, 9.17) is 0 Å². The van der Waals surface area contributed by atoms with Gasteiger partial charge in [0.15, 0.2) is 0 Å². The molecule has 0 unspecified atom stereocenters. The molecule has 0 aliphatic heterocycles. The van der Waals surface area contributed by atoms with E-state index in [2.05, 4.69) is 86.5 Å². The normalized spacial score (nSPS) is 11.5. The fourth-order valence-corrected chi connectivity index (χ4v) is 3.54. The number of benzene rings is 2. The molecule has 1 heterocycles. The lowest BCUT2D eigenvalue weighted by molar-refractivity contribution is 0.773. The van der Waals surface area contributed by atoms with Gasteiger partial charge in [-0.3, -0.25) is 0 Å². The Morgan fingerprint density at radius 3 is 2.41 bits per heavy atom. The zero-order valence-corrected chi connectivity index (χ0v) is 14.4. The second kappa shape index (κ2) is 6.21. The molecule has 3 aromatic rings. The number of aromatic nitrogens is 1. The predicted molar refractivity (Wildman–Crippen MR) is 98.2 cm³/mol. The van der Waals surface area contributed by atoms with Crippen LogP contribution in [0.2, 0.25) is 0 Å². The molecule has 2 heteroatoms. The van der Waals surface area contributed by atoms with Crippen LogP contribution >= 0.6 is 12.6 Å². The van der Waals surface area contributed by atoms with Crippen molar-refractivity contribution in [3.63, 3.8) is 0 Å². The zero-order valence-electron chi connectivity index (χ0n) is 13.5. The van der Waals surface area contributed by atoms with Gasteiger partial charge in [-0.1, -0.05) is 51.1 Å². The van der Waals surface area contributed by atoms with Gasteiger partial charge in [0.1, 0.15) is 0 Å². The van der Waals surface area contributed by atoms with Crippen LogP contribution in [-0.2, 0) is 13.0 Å². The first kappa shape index (κ1) is 15.2. The Morgan fingerprint density at radius 2 is 1.77 bits per heavy atom. The fourth-order valence-electron chi connectivity index (χ4n) is 3.08. The summed E-state index contributed by atoms with van der Waals surface area (Å²) in [5.41, 5.74) is 5.37. The molecule has 1 aromatic heterocycles. The fraction of sp³-hybridized carbons (Fsp3) is 0.300. The van der Waals surface area contributed by atoms with Crippen LogP contribution in [0.5, 0.6) is 0 Å². The quantitative estimate of drug-likeness (QED) is 0.593. The summed E-state index contributed by atoms with van der Waals surface area (Å²) in [4.78, 5) is 1.10. The molecule has 0 bridgehead atoms. The summed E-state index contributed by atoms with van der Waals surface area (Å²) in [6.45, 7) is 7.61. The van der Waals surface area contributed by atoms with E-state index in [1.165, 1.54) is 27.7 Å². The molecule has 0 spiro atoms. The van der Waals surface area contributed by atoms with Crippen molar-refractivity contribution in [1.29, 1.82) is 0 Å². The Kier molecular flexibility index (Phi) is 4.30. The Hall–Kier alpha value is -1.67. The van der Waals surface area contributed by atoms with E-state index in [0.717, 1.165) is 17.9 Å². The van der Waals surface area contributed by atoms with Crippen molar-refractivity contribution in [3.05, 3.63) is 65.4 Å². The van der Waals surface area contributed by atoms with Crippen molar-refractivity contribution in [1.82, 2.24) is 4.57 Å². The molecule has 0 fully saturated rings. The largest absolute Gasteiger partial charge is 0.340 e. The van der Waals surface area contributed by atoms with Crippen molar-refractivity contribution >= 4 is 23.5 Å². The standard InChI is InChI=1S/C20H23NS/c1-4-17-10-16-11-20(22)18(14(2)3)12-19(16)21(17)13-15-8-6-5-7-9-15/h5-12,14,22H,4,13H2,1-3H3. The van der Waals surface area contributed by atoms with Gasteiger partial charge in [-0.2, -0.15) is 0 Å². The van der Waals surface area contributed by atoms with Crippen LogP contribution in [0, 0.1) is 0 Å². The summed E-state index contributed by atoms with van der Waals surface area (Å²) in [6.07, 6.45) is 1.04. The van der Waals surface area contributed by atoms with Crippen LogP contribution in [0.25, 0.3) is 10.9 Å². The second-order valence-electron chi connectivity index (χ2n) is 6.19. The predicted octanol–water partition coefficient (Wildman–Crippen LogP) is 5.66. The van der Waals surface area contributed by atoms with Crippen LogP contribution in [-0.4, -0.2) is 4.57 Å². The molecular weight excluding hydrogens is 286 g/mol. The molecule has 0 N–H and O–H groups in total. The highest BCUT2D eigenvalue weighted by molar-refractivity contribution is 7.80. The summed E-state index contributed by atoms with van der Waals surface area (Å²) < 4.78 is 2.45. The molecule has 0 atom stereocenters. The monoisotopic (exact) mass is 309 g/mol. The molecular formula is C20H23NS. The van der Waals surface area contributed by atoms with E-state index in [1.54, 1.807) is 0 Å². The molecule has 2 aromatic carbocycles. The second-order valence-corrected chi connectivity index (χ2v) is 6.67. The van der Waals surface area contributed by atoms with Crippen LogP contribution in [0.4, 0.5) is 0 Å². The summed E-state index contributed by atoms with van der Waals surface area (Å²) >= 11 is 4.68. The number of fused-ring (bicyclic) bond motifs is 1. The smallest absolute Gasteiger partial charge is 0.0489 e. The average Bonchev–Trinajstić information content (AvgIpc) is 2.84. The molecule has 22 heavy (non-hydrogen) atoms. The molecule has 0 saturated carbocycles. The lowest BCUT2D eigenvalue weighted by Crippen LogP contribution is -2.04. The van der Waals surface area contributed by atoms with E-state index in [9.17, 15) is 0 Å². The molecule has 0 aliphatic rings. The Bertz CT molecular complexity index is 784. The van der Waals surface area contributed by atoms with Crippen LogP contribution in [0.15, 0.2) is 53.4 Å². The maximum atomic E-state index is 4.68. The topological polar surface area (TPSA) is 4.93 Å². The number of rotatable bonds is 4. The lowest BCUT2D eigenvalue weighted by atomic mass is 10.0. The molecule has 114 valence electrons. The maximum absolute atomic E-state index is 4.68. The van der Waals surface area contributed by atoms with Crippen LogP contribution in [0.1, 0.15) is 43.5 Å². The molecule has 0 radical (unpaired) electrons. The van der Waals surface area contributed by atoms with E-state index in [1.807, 2.05) is 0 Å². The number of nitrogens with zero attached hydrogens (tertiary/aromatic N) is 1. The summed E-state index contributed by atoms with van der Waals surface area (Å²) in [5, 5.41) is 1.29. The van der Waals surface area contributed by atoms with Gasteiger partial charge in [0.2, 0.25) is 0 Å². The Labute approximate surface area is 138 Å². The van der Waals surface area contributed by atoms with E-state index in [0.29, 0.717) is 5.92 Å². The first-order valence-electron chi connectivity index (χ1n) is 7.99. The van der Waals surface area contributed by atoms with Crippen LogP contribution < -0.4 is 0 Å². The first-order valence-corrected chi connectivity index (χ1v) is 8.43. The molecule has 0 saturated heterocycles. The molecule has 0 aliphatic carbocycles. The third-order valence-corrected chi connectivity index (χ3v) is 4.69. The van der Waals surface area contributed by atoms with E-state index < -0.39 is 0 Å². The number of thiol groups is 1. The minimum atomic E-state index is 0.488. The summed E-state index contributed by atoms with van der Waals surface area (Å²) in [7, 11) is 0. The minimum absolute atomic E-state index is 0.488. The number of aryl methyl sites for hydroxylation is 1. The van der Waals surface area contributed by atoms with Gasteiger partial charge >= 0.3 is 0 Å². The lowest BCUT2D eigenvalue weighted by Gasteiger charge is -2.13.